The smallest absolute Gasteiger partial charge is 0.262 e. The number of nitriles is 1. The Labute approximate surface area is 132 Å². The maximum atomic E-state index is 12.0. The summed E-state index contributed by atoms with van der Waals surface area (Å²) >= 11 is 3.40. The molecule has 5 heteroatoms. The molecule has 1 aromatic rings. The number of benzene rings is 1. The van der Waals surface area contributed by atoms with E-state index in [2.05, 4.69) is 21.2 Å². The number of nitrogens with one attached hydrogen (secondary N) is 1. The third-order valence-electron chi connectivity index (χ3n) is 3.01. The van der Waals surface area contributed by atoms with Gasteiger partial charge in [-0.25, -0.2) is 0 Å². The summed E-state index contributed by atoms with van der Waals surface area (Å²) in [6.07, 6.45) is 4.46. The number of halogens is 1. The fourth-order valence-corrected chi connectivity index (χ4v) is 2.15. The normalized spacial score (nSPS) is 14.4. The molecule has 0 unspecified atom stereocenters. The molecule has 0 radical (unpaired) electrons. The molecular weight excluding hydrogens is 332 g/mol. The lowest BCUT2D eigenvalue weighted by molar-refractivity contribution is -0.117. The Balaban J connectivity index is 2.24. The second kappa shape index (κ2) is 7.28. The zero-order valence-corrected chi connectivity index (χ0v) is 13.4. The van der Waals surface area contributed by atoms with E-state index in [0.717, 1.165) is 29.3 Å². The molecule has 0 aliphatic heterocycles. The average Bonchev–Trinajstić information content (AvgIpc) is 3.27. The van der Waals surface area contributed by atoms with E-state index in [-0.39, 0.29) is 17.5 Å². The molecule has 2 rings (SSSR count). The zero-order chi connectivity index (χ0) is 15.2. The number of amides is 1. The van der Waals surface area contributed by atoms with Crippen LogP contribution in [0.15, 0.2) is 28.2 Å². The lowest BCUT2D eigenvalue weighted by Crippen LogP contribution is -2.26. The highest BCUT2D eigenvalue weighted by Crippen LogP contribution is 2.26. The first-order valence-electron chi connectivity index (χ1n) is 6.99. The van der Waals surface area contributed by atoms with E-state index in [1.54, 1.807) is 6.08 Å². The molecule has 0 aromatic heterocycles. The van der Waals surface area contributed by atoms with Crippen LogP contribution in [0.5, 0.6) is 5.75 Å². The van der Waals surface area contributed by atoms with Crippen molar-refractivity contribution < 1.29 is 9.53 Å². The molecule has 0 atom stereocenters. The number of rotatable bonds is 6. The largest absolute Gasteiger partial charge is 0.493 e. The monoisotopic (exact) mass is 348 g/mol. The van der Waals surface area contributed by atoms with E-state index in [4.69, 9.17) is 4.74 Å². The third kappa shape index (κ3) is 4.61. The Morgan fingerprint density at radius 1 is 1.57 bits per heavy atom. The number of carbonyl (C=O) groups excluding carboxylic acids is 1. The van der Waals surface area contributed by atoms with E-state index >= 15 is 0 Å². The minimum absolute atomic E-state index is 0.0985. The van der Waals surface area contributed by atoms with Crippen molar-refractivity contribution in [3.05, 3.63) is 33.8 Å². The van der Waals surface area contributed by atoms with Crippen LogP contribution in [-0.2, 0) is 4.79 Å². The highest BCUT2D eigenvalue weighted by molar-refractivity contribution is 9.10. The molecule has 0 spiro atoms. The molecule has 1 aliphatic rings. The standard InChI is InChI=1S/C16H17BrN2O2/c1-2-7-21-15-6-3-13(17)9-11(15)8-12(10-18)16(20)19-14-4-5-14/h3,6,8-9,14H,2,4-5,7H2,1H3,(H,19,20)/b12-8+. The molecule has 1 saturated carbocycles. The van der Waals surface area contributed by atoms with Crippen LogP contribution < -0.4 is 10.1 Å². The molecule has 1 fully saturated rings. The Morgan fingerprint density at radius 2 is 2.33 bits per heavy atom. The Bertz CT molecular complexity index is 601. The minimum atomic E-state index is -0.318. The number of hydrogen-bond acceptors (Lipinski definition) is 3. The fraction of sp³-hybridized carbons (Fsp3) is 0.375. The topological polar surface area (TPSA) is 62.1 Å². The van der Waals surface area contributed by atoms with Crippen LogP contribution in [0.25, 0.3) is 6.08 Å². The SMILES string of the molecule is CCCOc1ccc(Br)cc1/C=C(\C#N)C(=O)NC1CC1. The van der Waals surface area contributed by atoms with Crippen LogP contribution in [0.1, 0.15) is 31.7 Å². The van der Waals surface area contributed by atoms with Gasteiger partial charge in [-0.15, -0.1) is 0 Å². The summed E-state index contributed by atoms with van der Waals surface area (Å²) in [6.45, 7) is 2.62. The summed E-state index contributed by atoms with van der Waals surface area (Å²) in [5, 5.41) is 12.0. The molecule has 1 aromatic carbocycles. The molecular formula is C16H17BrN2O2. The van der Waals surface area contributed by atoms with Gasteiger partial charge >= 0.3 is 0 Å². The summed E-state index contributed by atoms with van der Waals surface area (Å²) in [4.78, 5) is 12.0. The van der Waals surface area contributed by atoms with Crippen LogP contribution in [0.2, 0.25) is 0 Å². The molecule has 0 bridgehead atoms. The van der Waals surface area contributed by atoms with Gasteiger partial charge in [0.15, 0.2) is 0 Å². The fourth-order valence-electron chi connectivity index (χ4n) is 1.77. The molecule has 0 saturated heterocycles. The van der Waals surface area contributed by atoms with Crippen molar-refractivity contribution in [2.45, 2.75) is 32.2 Å². The van der Waals surface area contributed by atoms with E-state index in [0.29, 0.717) is 12.4 Å². The van der Waals surface area contributed by atoms with E-state index in [9.17, 15) is 10.1 Å². The lowest BCUT2D eigenvalue weighted by Gasteiger charge is -2.09. The van der Waals surface area contributed by atoms with Crippen LogP contribution in [0.4, 0.5) is 0 Å². The average molecular weight is 349 g/mol. The highest BCUT2D eigenvalue weighted by atomic mass is 79.9. The Hall–Kier alpha value is -1.80. The summed E-state index contributed by atoms with van der Waals surface area (Å²) in [5.74, 6) is 0.355. The second-order valence-electron chi connectivity index (χ2n) is 4.95. The zero-order valence-electron chi connectivity index (χ0n) is 11.9. The van der Waals surface area contributed by atoms with Crippen LogP contribution >= 0.6 is 15.9 Å². The maximum absolute atomic E-state index is 12.0. The molecule has 21 heavy (non-hydrogen) atoms. The number of hydrogen-bond donors (Lipinski definition) is 1. The van der Waals surface area contributed by atoms with Gasteiger partial charge < -0.3 is 10.1 Å². The van der Waals surface area contributed by atoms with Crippen molar-refractivity contribution in [2.24, 2.45) is 0 Å². The highest BCUT2D eigenvalue weighted by Gasteiger charge is 2.24. The third-order valence-corrected chi connectivity index (χ3v) is 3.50. The van der Waals surface area contributed by atoms with E-state index in [1.807, 2.05) is 31.2 Å². The van der Waals surface area contributed by atoms with Crippen molar-refractivity contribution in [1.82, 2.24) is 5.32 Å². The van der Waals surface area contributed by atoms with Crippen molar-refractivity contribution in [1.29, 1.82) is 5.26 Å². The number of nitrogens with zero attached hydrogens (tertiary/aromatic N) is 1. The molecule has 4 nitrogen and oxygen atoms in total. The van der Waals surface area contributed by atoms with Gasteiger partial charge in [-0.1, -0.05) is 22.9 Å². The summed E-state index contributed by atoms with van der Waals surface area (Å²) < 4.78 is 6.53. The molecule has 0 heterocycles. The number of carbonyl (C=O) groups is 1. The maximum Gasteiger partial charge on any atom is 0.262 e. The quantitative estimate of drug-likeness (QED) is 0.632. The first-order valence-corrected chi connectivity index (χ1v) is 7.78. The van der Waals surface area contributed by atoms with Gasteiger partial charge in [0.05, 0.1) is 6.61 Å². The van der Waals surface area contributed by atoms with Crippen LogP contribution in [-0.4, -0.2) is 18.6 Å². The predicted molar refractivity (Wildman–Crippen MR) is 84.7 cm³/mol. The van der Waals surface area contributed by atoms with Gasteiger partial charge in [-0.2, -0.15) is 5.26 Å². The van der Waals surface area contributed by atoms with Gasteiger partial charge in [0, 0.05) is 16.1 Å². The van der Waals surface area contributed by atoms with Gasteiger partial charge in [0.2, 0.25) is 0 Å². The minimum Gasteiger partial charge on any atom is -0.493 e. The number of ether oxygens (including phenoxy) is 1. The second-order valence-corrected chi connectivity index (χ2v) is 5.86. The Kier molecular flexibility index (Phi) is 5.40. The van der Waals surface area contributed by atoms with Crippen LogP contribution in [0.3, 0.4) is 0 Å². The van der Waals surface area contributed by atoms with Crippen molar-refractivity contribution in [2.75, 3.05) is 6.61 Å². The summed E-state index contributed by atoms with van der Waals surface area (Å²) in [5.41, 5.74) is 0.821. The predicted octanol–water partition coefficient (Wildman–Crippen LogP) is 3.42. The van der Waals surface area contributed by atoms with Crippen molar-refractivity contribution in [3.63, 3.8) is 0 Å². The van der Waals surface area contributed by atoms with Crippen molar-refractivity contribution in [3.8, 4) is 11.8 Å². The molecule has 1 N–H and O–H groups in total. The van der Waals surface area contributed by atoms with Gasteiger partial charge in [0.25, 0.3) is 5.91 Å². The molecule has 1 aliphatic carbocycles. The molecule has 1 amide bonds. The van der Waals surface area contributed by atoms with E-state index < -0.39 is 0 Å². The lowest BCUT2D eigenvalue weighted by atomic mass is 10.1. The van der Waals surface area contributed by atoms with Crippen molar-refractivity contribution >= 4 is 27.9 Å². The van der Waals surface area contributed by atoms with Gasteiger partial charge in [-0.05, 0) is 43.5 Å². The molecule has 110 valence electrons. The van der Waals surface area contributed by atoms with Crippen LogP contribution in [0, 0.1) is 11.3 Å². The first kappa shape index (κ1) is 15.6. The Morgan fingerprint density at radius 3 is 2.95 bits per heavy atom. The van der Waals surface area contributed by atoms with Gasteiger partial charge in [0.1, 0.15) is 17.4 Å². The van der Waals surface area contributed by atoms with E-state index in [1.165, 1.54) is 0 Å². The summed E-state index contributed by atoms with van der Waals surface area (Å²) in [6, 6.07) is 7.74. The summed E-state index contributed by atoms with van der Waals surface area (Å²) in [7, 11) is 0. The van der Waals surface area contributed by atoms with Gasteiger partial charge in [-0.3, -0.25) is 4.79 Å². The first-order chi connectivity index (χ1) is 10.1.